The lowest BCUT2D eigenvalue weighted by molar-refractivity contribution is 0.112. The highest BCUT2D eigenvalue weighted by molar-refractivity contribution is 5.80. The van der Waals surface area contributed by atoms with Gasteiger partial charge in [0.2, 0.25) is 0 Å². The zero-order chi connectivity index (χ0) is 9.14. The molecule has 0 aromatic heterocycles. The fourth-order valence-corrected chi connectivity index (χ4v) is 1.37. The Kier molecular flexibility index (Phi) is 2.48. The van der Waals surface area contributed by atoms with E-state index >= 15 is 0 Å². The van der Waals surface area contributed by atoms with E-state index in [2.05, 4.69) is 0 Å². The van der Waals surface area contributed by atoms with Crippen LogP contribution in [0.5, 0.6) is 0 Å². The van der Waals surface area contributed by atoms with E-state index < -0.39 is 0 Å². The van der Waals surface area contributed by atoms with Gasteiger partial charge in [-0.3, -0.25) is 4.79 Å². The van der Waals surface area contributed by atoms with Crippen LogP contribution in [-0.4, -0.2) is 6.29 Å². The quantitative estimate of drug-likeness (QED) is 0.536. The first-order chi connectivity index (χ1) is 5.66. The number of hydrogen-bond donors (Lipinski definition) is 1. The van der Waals surface area contributed by atoms with Gasteiger partial charge in [0.25, 0.3) is 0 Å². The van der Waals surface area contributed by atoms with Gasteiger partial charge in [0, 0.05) is 11.3 Å². The molecule has 1 aromatic rings. The minimum absolute atomic E-state index is 0.298. The number of hydrogen-bond acceptors (Lipinski definition) is 2. The molecule has 0 amide bonds. The van der Waals surface area contributed by atoms with E-state index in [0.717, 1.165) is 11.8 Å². The van der Waals surface area contributed by atoms with Crippen molar-refractivity contribution in [3.63, 3.8) is 0 Å². The standard InChI is InChI=1S/C10H13NO/c1-7(2)10-8(6-12)4-3-5-9(10)11/h3-7H,11H2,1-2H3. The van der Waals surface area contributed by atoms with Gasteiger partial charge in [-0.05, 0) is 17.5 Å². The van der Waals surface area contributed by atoms with Crippen molar-refractivity contribution in [2.45, 2.75) is 19.8 Å². The summed E-state index contributed by atoms with van der Waals surface area (Å²) in [6.45, 7) is 4.05. The van der Waals surface area contributed by atoms with E-state index in [1.165, 1.54) is 0 Å². The van der Waals surface area contributed by atoms with Gasteiger partial charge >= 0.3 is 0 Å². The molecule has 0 aliphatic rings. The van der Waals surface area contributed by atoms with Gasteiger partial charge in [0.05, 0.1) is 0 Å². The number of rotatable bonds is 2. The average Bonchev–Trinajstić information content (AvgIpc) is 2.03. The summed E-state index contributed by atoms with van der Waals surface area (Å²) >= 11 is 0. The minimum Gasteiger partial charge on any atom is -0.398 e. The molecule has 0 radical (unpaired) electrons. The van der Waals surface area contributed by atoms with E-state index in [1.807, 2.05) is 19.9 Å². The molecule has 2 N–H and O–H groups in total. The van der Waals surface area contributed by atoms with E-state index in [4.69, 9.17) is 5.73 Å². The molecule has 2 heteroatoms. The molecule has 0 aliphatic heterocycles. The van der Waals surface area contributed by atoms with Gasteiger partial charge in [0.15, 0.2) is 0 Å². The molecule has 0 bridgehead atoms. The second-order valence-electron chi connectivity index (χ2n) is 3.12. The van der Waals surface area contributed by atoms with E-state index in [-0.39, 0.29) is 0 Å². The Morgan fingerprint density at radius 1 is 1.42 bits per heavy atom. The number of carbonyl (C=O) groups is 1. The molecule has 0 fully saturated rings. The zero-order valence-corrected chi connectivity index (χ0v) is 7.37. The second-order valence-corrected chi connectivity index (χ2v) is 3.12. The van der Waals surface area contributed by atoms with E-state index in [9.17, 15) is 4.79 Å². The third-order valence-electron chi connectivity index (χ3n) is 1.88. The molecule has 0 saturated carbocycles. The molecular weight excluding hydrogens is 150 g/mol. The summed E-state index contributed by atoms with van der Waals surface area (Å²) in [7, 11) is 0. The van der Waals surface area contributed by atoms with Crippen LogP contribution in [0.25, 0.3) is 0 Å². The number of anilines is 1. The number of nitrogen functional groups attached to an aromatic ring is 1. The van der Waals surface area contributed by atoms with Crippen molar-refractivity contribution >= 4 is 12.0 Å². The van der Waals surface area contributed by atoms with Gasteiger partial charge in [-0.25, -0.2) is 0 Å². The second kappa shape index (κ2) is 3.39. The monoisotopic (exact) mass is 163 g/mol. The van der Waals surface area contributed by atoms with Crippen molar-refractivity contribution in [1.29, 1.82) is 0 Å². The van der Waals surface area contributed by atoms with Gasteiger partial charge in [-0.2, -0.15) is 0 Å². The molecule has 0 heterocycles. The lowest BCUT2D eigenvalue weighted by Gasteiger charge is -2.11. The predicted molar refractivity (Wildman–Crippen MR) is 50.3 cm³/mol. The average molecular weight is 163 g/mol. The molecule has 0 atom stereocenters. The molecule has 64 valence electrons. The lowest BCUT2D eigenvalue weighted by atomic mass is 9.96. The molecule has 0 unspecified atom stereocenters. The molecule has 1 aromatic carbocycles. The van der Waals surface area contributed by atoms with Crippen molar-refractivity contribution in [2.24, 2.45) is 0 Å². The van der Waals surface area contributed by atoms with Gasteiger partial charge < -0.3 is 5.73 Å². The summed E-state index contributed by atoms with van der Waals surface area (Å²) < 4.78 is 0. The Morgan fingerprint density at radius 2 is 2.08 bits per heavy atom. The molecule has 12 heavy (non-hydrogen) atoms. The molecule has 2 nitrogen and oxygen atoms in total. The number of aldehydes is 1. The Balaban J connectivity index is 3.29. The Bertz CT molecular complexity index is 292. The van der Waals surface area contributed by atoms with Crippen LogP contribution in [0.4, 0.5) is 5.69 Å². The van der Waals surface area contributed by atoms with Crippen LogP contribution in [0.1, 0.15) is 35.7 Å². The maximum absolute atomic E-state index is 10.6. The SMILES string of the molecule is CC(C)c1c(N)cccc1C=O. The van der Waals surface area contributed by atoms with Gasteiger partial charge in [0.1, 0.15) is 6.29 Å². The first-order valence-electron chi connectivity index (χ1n) is 4.00. The van der Waals surface area contributed by atoms with Crippen LogP contribution < -0.4 is 5.73 Å². The summed E-state index contributed by atoms with van der Waals surface area (Å²) in [5.74, 6) is 0.298. The lowest BCUT2D eigenvalue weighted by Crippen LogP contribution is -2.00. The number of carbonyl (C=O) groups excluding carboxylic acids is 1. The van der Waals surface area contributed by atoms with Crippen LogP contribution in [0.2, 0.25) is 0 Å². The van der Waals surface area contributed by atoms with E-state index in [1.54, 1.807) is 12.1 Å². The zero-order valence-electron chi connectivity index (χ0n) is 7.37. The van der Waals surface area contributed by atoms with Gasteiger partial charge in [-0.15, -0.1) is 0 Å². The summed E-state index contributed by atoms with van der Waals surface area (Å²) in [5.41, 5.74) is 8.09. The summed E-state index contributed by atoms with van der Waals surface area (Å²) in [6.07, 6.45) is 0.853. The van der Waals surface area contributed by atoms with Crippen LogP contribution in [0, 0.1) is 0 Å². The fraction of sp³-hybridized carbons (Fsp3) is 0.300. The van der Waals surface area contributed by atoms with Crippen molar-refractivity contribution in [2.75, 3.05) is 5.73 Å². The van der Waals surface area contributed by atoms with Crippen LogP contribution in [0.3, 0.4) is 0 Å². The first kappa shape index (κ1) is 8.78. The number of nitrogens with two attached hydrogens (primary N) is 1. The predicted octanol–water partition coefficient (Wildman–Crippen LogP) is 2.20. The Labute approximate surface area is 72.4 Å². The summed E-state index contributed by atoms with van der Waals surface area (Å²) in [6, 6.07) is 5.41. The minimum atomic E-state index is 0.298. The van der Waals surface area contributed by atoms with E-state index in [0.29, 0.717) is 17.2 Å². The maximum atomic E-state index is 10.6. The fourth-order valence-electron chi connectivity index (χ4n) is 1.37. The first-order valence-corrected chi connectivity index (χ1v) is 4.00. The normalized spacial score (nSPS) is 10.2. The highest BCUT2D eigenvalue weighted by Gasteiger charge is 2.08. The molecular formula is C10H13NO. The highest BCUT2D eigenvalue weighted by Crippen LogP contribution is 2.24. The smallest absolute Gasteiger partial charge is 0.150 e. The maximum Gasteiger partial charge on any atom is 0.150 e. The largest absolute Gasteiger partial charge is 0.398 e. The molecule has 0 spiro atoms. The molecule has 1 rings (SSSR count). The third kappa shape index (κ3) is 1.47. The van der Waals surface area contributed by atoms with Gasteiger partial charge in [-0.1, -0.05) is 26.0 Å². The molecule has 0 aliphatic carbocycles. The summed E-state index contributed by atoms with van der Waals surface area (Å²) in [5, 5.41) is 0. The third-order valence-corrected chi connectivity index (χ3v) is 1.88. The Morgan fingerprint density at radius 3 is 2.50 bits per heavy atom. The molecule has 0 saturated heterocycles. The van der Waals surface area contributed by atoms with Crippen LogP contribution in [0.15, 0.2) is 18.2 Å². The van der Waals surface area contributed by atoms with Crippen LogP contribution in [-0.2, 0) is 0 Å². The van der Waals surface area contributed by atoms with Crippen molar-refractivity contribution in [1.82, 2.24) is 0 Å². The number of benzene rings is 1. The summed E-state index contributed by atoms with van der Waals surface area (Å²) in [4.78, 5) is 10.6. The van der Waals surface area contributed by atoms with Crippen molar-refractivity contribution < 1.29 is 4.79 Å². The highest BCUT2D eigenvalue weighted by atomic mass is 16.1. The van der Waals surface area contributed by atoms with Crippen molar-refractivity contribution in [3.05, 3.63) is 29.3 Å². The van der Waals surface area contributed by atoms with Crippen LogP contribution >= 0.6 is 0 Å². The van der Waals surface area contributed by atoms with Crippen molar-refractivity contribution in [3.8, 4) is 0 Å². The Hall–Kier alpha value is -1.31. The topological polar surface area (TPSA) is 43.1 Å².